The number of halogens is 1. The third kappa shape index (κ3) is 5.25. The molecule has 1 aliphatic heterocycles. The number of carbonyl (C=O) groups excluding carboxylic acids is 1. The topological polar surface area (TPSA) is 139 Å². The van der Waals surface area contributed by atoms with E-state index in [9.17, 15) is 4.79 Å². The van der Waals surface area contributed by atoms with Gasteiger partial charge in [-0.25, -0.2) is 9.78 Å². The van der Waals surface area contributed by atoms with Gasteiger partial charge in [0.25, 0.3) is 5.88 Å². The lowest BCUT2D eigenvalue weighted by Gasteiger charge is -2.16. The van der Waals surface area contributed by atoms with Crippen LogP contribution in [-0.2, 0) is 0 Å². The van der Waals surface area contributed by atoms with Gasteiger partial charge in [0.05, 0.1) is 23.5 Å². The zero-order chi connectivity index (χ0) is 20.6. The fourth-order valence-corrected chi connectivity index (χ4v) is 2.52. The molecule has 1 aliphatic rings. The summed E-state index contributed by atoms with van der Waals surface area (Å²) in [5, 5.41) is 23.4. The molecule has 0 atom stereocenters. The van der Waals surface area contributed by atoms with E-state index < -0.39 is 6.03 Å². The quantitative estimate of drug-likeness (QED) is 0.647. The first-order valence-corrected chi connectivity index (χ1v) is 8.81. The second-order valence-corrected chi connectivity index (χ2v) is 5.95. The van der Waals surface area contributed by atoms with Crippen LogP contribution in [0.3, 0.4) is 0 Å². The number of fused-ring (bicyclic) bond motifs is 3. The number of nitriles is 1. The van der Waals surface area contributed by atoms with Crippen molar-refractivity contribution >= 4 is 29.1 Å². The van der Waals surface area contributed by atoms with Crippen molar-refractivity contribution in [3.63, 3.8) is 0 Å². The molecule has 0 aliphatic carbocycles. The summed E-state index contributed by atoms with van der Waals surface area (Å²) < 4.78 is 16.5. The first-order chi connectivity index (χ1) is 14.1. The number of ether oxygens (including phenoxy) is 3. The zero-order valence-corrected chi connectivity index (χ0v) is 15.8. The standard InChI is InChI=1S/C18H16ClN5O5/c19-11-7-12-15(8-14(11)28-6-3-25)27-4-1-2-5-29-17-13(9-20)21-10-16(23-17)24-18(26)22-12/h1-2,7-8,10,25H,3-6H2,(H2,22,23,24,26)/b2-1-. The highest BCUT2D eigenvalue weighted by Crippen LogP contribution is 2.36. The molecule has 11 heteroatoms. The Bertz CT molecular complexity index is 976. The number of rotatable bonds is 3. The van der Waals surface area contributed by atoms with Gasteiger partial charge < -0.3 is 24.6 Å². The molecule has 2 bridgehead atoms. The van der Waals surface area contributed by atoms with Crippen molar-refractivity contribution in [1.82, 2.24) is 9.97 Å². The van der Waals surface area contributed by atoms with E-state index in [1.165, 1.54) is 18.3 Å². The summed E-state index contributed by atoms with van der Waals surface area (Å²) in [5.41, 5.74) is 0.299. The van der Waals surface area contributed by atoms with Gasteiger partial charge in [0.15, 0.2) is 5.82 Å². The molecule has 0 fully saturated rings. The number of nitrogens with one attached hydrogen (secondary N) is 2. The van der Waals surface area contributed by atoms with Crippen LogP contribution in [0.2, 0.25) is 5.02 Å². The number of benzene rings is 1. The maximum absolute atomic E-state index is 12.4. The zero-order valence-electron chi connectivity index (χ0n) is 15.0. The van der Waals surface area contributed by atoms with Gasteiger partial charge in [0.1, 0.15) is 37.4 Å². The molecule has 0 spiro atoms. The van der Waals surface area contributed by atoms with Gasteiger partial charge in [-0.05, 0) is 18.2 Å². The molecule has 150 valence electrons. The second kappa shape index (κ2) is 9.59. The summed E-state index contributed by atoms with van der Waals surface area (Å²) in [6, 6.07) is 4.23. The van der Waals surface area contributed by atoms with E-state index in [4.69, 9.17) is 36.2 Å². The second-order valence-electron chi connectivity index (χ2n) is 5.54. The van der Waals surface area contributed by atoms with E-state index in [2.05, 4.69) is 20.6 Å². The highest BCUT2D eigenvalue weighted by atomic mass is 35.5. The minimum atomic E-state index is -0.632. The number of aromatic nitrogens is 2. The highest BCUT2D eigenvalue weighted by molar-refractivity contribution is 6.32. The number of anilines is 2. The lowest BCUT2D eigenvalue weighted by Crippen LogP contribution is -2.21. The third-order valence-electron chi connectivity index (χ3n) is 3.54. The molecular formula is C18H16ClN5O5. The van der Waals surface area contributed by atoms with Crippen molar-refractivity contribution in [2.75, 3.05) is 37.1 Å². The number of aliphatic hydroxyl groups excluding tert-OH is 1. The summed E-state index contributed by atoms with van der Waals surface area (Å²) in [6.45, 7) is 0.174. The van der Waals surface area contributed by atoms with Crippen LogP contribution in [0, 0.1) is 11.3 Å². The molecular weight excluding hydrogens is 402 g/mol. The van der Waals surface area contributed by atoms with Gasteiger partial charge in [-0.1, -0.05) is 11.6 Å². The van der Waals surface area contributed by atoms with Crippen molar-refractivity contribution in [3.05, 3.63) is 41.2 Å². The Morgan fingerprint density at radius 2 is 2.07 bits per heavy atom. The summed E-state index contributed by atoms with van der Waals surface area (Å²) in [5.74, 6) is 0.709. The fourth-order valence-electron chi connectivity index (χ4n) is 2.30. The molecule has 0 saturated heterocycles. The minimum Gasteiger partial charge on any atom is -0.489 e. The fraction of sp³-hybridized carbons (Fsp3) is 0.222. The number of nitrogens with zero attached hydrogens (tertiary/aromatic N) is 3. The van der Waals surface area contributed by atoms with Crippen LogP contribution in [0.25, 0.3) is 0 Å². The smallest absolute Gasteiger partial charge is 0.325 e. The summed E-state index contributed by atoms with van der Waals surface area (Å²) in [4.78, 5) is 20.4. The van der Waals surface area contributed by atoms with Crippen LogP contribution in [0.15, 0.2) is 30.5 Å². The van der Waals surface area contributed by atoms with Crippen molar-refractivity contribution in [2.24, 2.45) is 0 Å². The largest absolute Gasteiger partial charge is 0.489 e. The Morgan fingerprint density at radius 1 is 1.28 bits per heavy atom. The summed E-state index contributed by atoms with van der Waals surface area (Å²) in [7, 11) is 0. The average molecular weight is 418 g/mol. The number of hydrogen-bond donors (Lipinski definition) is 3. The van der Waals surface area contributed by atoms with Crippen molar-refractivity contribution < 1.29 is 24.1 Å². The molecule has 1 aromatic heterocycles. The van der Waals surface area contributed by atoms with E-state index in [0.717, 1.165) is 0 Å². The molecule has 29 heavy (non-hydrogen) atoms. The SMILES string of the molecule is N#Cc1ncc2nc1OC/C=C\COc1cc(OCCO)c(Cl)cc1NC(=O)N2. The number of hydrogen-bond acceptors (Lipinski definition) is 8. The van der Waals surface area contributed by atoms with Gasteiger partial charge in [-0.3, -0.25) is 5.32 Å². The van der Waals surface area contributed by atoms with E-state index in [0.29, 0.717) is 17.2 Å². The normalized spacial score (nSPS) is 14.6. The average Bonchev–Trinajstić information content (AvgIpc) is 2.70. The molecule has 2 amide bonds. The Morgan fingerprint density at radius 3 is 2.83 bits per heavy atom. The molecule has 0 saturated carbocycles. The molecule has 2 aromatic rings. The number of urea groups is 1. The van der Waals surface area contributed by atoms with Gasteiger partial charge in [0, 0.05) is 6.07 Å². The molecule has 2 heterocycles. The van der Waals surface area contributed by atoms with E-state index in [1.807, 2.05) is 6.07 Å². The van der Waals surface area contributed by atoms with Crippen molar-refractivity contribution in [2.45, 2.75) is 0 Å². The molecule has 3 N–H and O–H groups in total. The maximum atomic E-state index is 12.4. The monoisotopic (exact) mass is 417 g/mol. The van der Waals surface area contributed by atoms with Gasteiger partial charge in [0.2, 0.25) is 5.69 Å². The first kappa shape index (κ1) is 20.2. The first-order valence-electron chi connectivity index (χ1n) is 8.43. The lowest BCUT2D eigenvalue weighted by molar-refractivity contribution is 0.201. The van der Waals surface area contributed by atoms with E-state index >= 15 is 0 Å². The van der Waals surface area contributed by atoms with Crippen LogP contribution in [0.1, 0.15) is 5.69 Å². The molecule has 0 unspecified atom stereocenters. The van der Waals surface area contributed by atoms with Crippen LogP contribution in [-0.4, -0.2) is 47.5 Å². The maximum Gasteiger partial charge on any atom is 0.325 e. The van der Waals surface area contributed by atoms with Gasteiger partial charge in [-0.2, -0.15) is 10.2 Å². The van der Waals surface area contributed by atoms with Crippen LogP contribution in [0.5, 0.6) is 17.4 Å². The predicted molar refractivity (Wildman–Crippen MR) is 104 cm³/mol. The Hall–Kier alpha value is -3.55. The Labute approximate surface area is 170 Å². The van der Waals surface area contributed by atoms with Crippen LogP contribution < -0.4 is 24.8 Å². The lowest BCUT2D eigenvalue weighted by atomic mass is 10.2. The summed E-state index contributed by atoms with van der Waals surface area (Å²) >= 11 is 6.19. The number of aliphatic hydroxyl groups is 1. The number of carbonyl (C=O) groups is 1. The predicted octanol–water partition coefficient (Wildman–Crippen LogP) is 2.34. The molecule has 0 radical (unpaired) electrons. The van der Waals surface area contributed by atoms with E-state index in [1.54, 1.807) is 12.2 Å². The Balaban J connectivity index is 1.91. The van der Waals surface area contributed by atoms with Crippen LogP contribution in [0.4, 0.5) is 16.3 Å². The van der Waals surface area contributed by atoms with Crippen LogP contribution >= 0.6 is 11.6 Å². The van der Waals surface area contributed by atoms with Crippen molar-refractivity contribution in [1.29, 1.82) is 5.26 Å². The minimum absolute atomic E-state index is 0.000221. The van der Waals surface area contributed by atoms with Gasteiger partial charge >= 0.3 is 6.03 Å². The molecule has 3 rings (SSSR count). The summed E-state index contributed by atoms with van der Waals surface area (Å²) in [6.07, 6.45) is 4.62. The third-order valence-corrected chi connectivity index (χ3v) is 3.83. The molecule has 10 nitrogen and oxygen atoms in total. The number of amides is 2. The Kier molecular flexibility index (Phi) is 6.67. The van der Waals surface area contributed by atoms with Gasteiger partial charge in [-0.15, -0.1) is 0 Å². The van der Waals surface area contributed by atoms with Crippen molar-refractivity contribution in [3.8, 4) is 23.4 Å². The van der Waals surface area contributed by atoms with E-state index in [-0.39, 0.29) is 48.8 Å². The highest BCUT2D eigenvalue weighted by Gasteiger charge is 2.16. The molecule has 1 aromatic carbocycles.